The van der Waals surface area contributed by atoms with Gasteiger partial charge in [0.15, 0.2) is 5.82 Å². The number of nitrogens with one attached hydrogen (secondary N) is 3. The maximum atomic E-state index is 15.9. The van der Waals surface area contributed by atoms with Gasteiger partial charge < -0.3 is 10.6 Å². The topological polar surface area (TPSA) is 126 Å². The molecule has 3 N–H and O–H groups in total. The van der Waals surface area contributed by atoms with E-state index in [-0.39, 0.29) is 23.1 Å². The van der Waals surface area contributed by atoms with E-state index in [9.17, 15) is 22.0 Å². The number of amides is 1. The third-order valence-electron chi connectivity index (χ3n) is 5.72. The molecular formula is C27H27F3N6O3S2. The minimum absolute atomic E-state index is 0.00130. The molecule has 216 valence electrons. The van der Waals surface area contributed by atoms with Crippen molar-refractivity contribution >= 4 is 38.9 Å². The van der Waals surface area contributed by atoms with Crippen molar-refractivity contribution in [3.8, 4) is 21.8 Å². The van der Waals surface area contributed by atoms with Gasteiger partial charge in [0.2, 0.25) is 11.9 Å². The maximum absolute atomic E-state index is 15.9. The highest BCUT2D eigenvalue weighted by atomic mass is 32.2. The first-order valence-electron chi connectivity index (χ1n) is 12.6. The lowest BCUT2D eigenvalue weighted by Crippen LogP contribution is -2.22. The summed E-state index contributed by atoms with van der Waals surface area (Å²) in [5.41, 5.74) is 0.243. The Hall–Kier alpha value is -4.04. The van der Waals surface area contributed by atoms with E-state index in [0.717, 1.165) is 6.07 Å². The Morgan fingerprint density at radius 1 is 1.05 bits per heavy atom. The molecule has 0 fully saturated rings. The van der Waals surface area contributed by atoms with Gasteiger partial charge in [0.25, 0.3) is 10.0 Å². The lowest BCUT2D eigenvalue weighted by atomic mass is 10.1. The summed E-state index contributed by atoms with van der Waals surface area (Å²) < 4.78 is 71.3. The summed E-state index contributed by atoms with van der Waals surface area (Å²) in [5.74, 6) is -2.87. The Morgan fingerprint density at radius 3 is 2.56 bits per heavy atom. The molecule has 4 aromatic rings. The van der Waals surface area contributed by atoms with Gasteiger partial charge in [-0.25, -0.2) is 36.5 Å². The van der Waals surface area contributed by atoms with Crippen LogP contribution in [0.2, 0.25) is 0 Å². The summed E-state index contributed by atoms with van der Waals surface area (Å²) in [6.45, 7) is 6.30. The molecule has 0 unspecified atom stereocenters. The number of sulfonamides is 1. The lowest BCUT2D eigenvalue weighted by molar-refractivity contribution is -0.118. The number of hydrogen-bond acceptors (Lipinski definition) is 8. The number of thiazole rings is 1. The highest BCUT2D eigenvalue weighted by Gasteiger charge is 2.25. The highest BCUT2D eigenvalue weighted by molar-refractivity contribution is 7.92. The molecule has 0 saturated heterocycles. The Labute approximate surface area is 239 Å². The van der Waals surface area contributed by atoms with E-state index >= 15 is 4.39 Å². The summed E-state index contributed by atoms with van der Waals surface area (Å²) in [6, 6.07) is 7.69. The first-order valence-corrected chi connectivity index (χ1v) is 14.9. The summed E-state index contributed by atoms with van der Waals surface area (Å²) in [7, 11) is -4.66. The average molecular weight is 605 g/mol. The Morgan fingerprint density at radius 2 is 1.83 bits per heavy atom. The molecule has 0 spiro atoms. The Bertz CT molecular complexity index is 1680. The molecule has 2 aromatic carbocycles. The van der Waals surface area contributed by atoms with Crippen LogP contribution in [0.5, 0.6) is 0 Å². The van der Waals surface area contributed by atoms with Crippen molar-refractivity contribution in [2.24, 2.45) is 0 Å². The second-order valence-corrected chi connectivity index (χ2v) is 11.9. The smallest absolute Gasteiger partial charge is 0.265 e. The third kappa shape index (κ3) is 7.19. The predicted octanol–water partition coefficient (Wildman–Crippen LogP) is 5.55. The van der Waals surface area contributed by atoms with Crippen LogP contribution >= 0.6 is 11.3 Å². The average Bonchev–Trinajstić information content (AvgIpc) is 3.37. The number of nitrogens with zero attached hydrogens (tertiary/aromatic N) is 3. The summed E-state index contributed by atoms with van der Waals surface area (Å²) in [5, 5.41) is 6.50. The molecule has 0 radical (unpaired) electrons. The standard InChI is InChI=1S/C27H27F3N6O3S2/c1-15(2)26-35-24(25(40-26)21-10-13-33-27(34-21)32-12-5-11-31-16(3)37)18-6-4-7-20(23(18)30)36-41(38,39)22-14-17(28)8-9-19(22)29/h4,6-10,13-15,36H,5,11-12H2,1-3H3,(H,31,37)(H,32,33,34). The first-order chi connectivity index (χ1) is 19.5. The SMILES string of the molecule is CC(=O)NCCCNc1nccc(-c2sc(C(C)C)nc2-c2cccc(NS(=O)(=O)c3cc(F)ccc3F)c2F)n1. The minimum atomic E-state index is -4.66. The van der Waals surface area contributed by atoms with Crippen LogP contribution in [0.3, 0.4) is 0 Å². The number of carbonyl (C=O) groups is 1. The number of rotatable bonds is 11. The summed E-state index contributed by atoms with van der Waals surface area (Å²) in [6.07, 6.45) is 2.19. The normalized spacial score (nSPS) is 11.5. The van der Waals surface area contributed by atoms with Gasteiger partial charge in [0, 0.05) is 37.7 Å². The lowest BCUT2D eigenvalue weighted by Gasteiger charge is -2.12. The fourth-order valence-electron chi connectivity index (χ4n) is 3.74. The molecule has 0 bridgehead atoms. The number of carbonyl (C=O) groups excluding carboxylic acids is 1. The number of anilines is 2. The zero-order valence-electron chi connectivity index (χ0n) is 22.3. The van der Waals surface area contributed by atoms with E-state index in [1.165, 1.54) is 36.5 Å². The second kappa shape index (κ2) is 12.6. The van der Waals surface area contributed by atoms with Gasteiger partial charge in [0.05, 0.1) is 27.0 Å². The van der Waals surface area contributed by atoms with Crippen molar-refractivity contribution in [1.29, 1.82) is 0 Å². The van der Waals surface area contributed by atoms with Gasteiger partial charge in [-0.1, -0.05) is 19.9 Å². The molecular weight excluding hydrogens is 577 g/mol. The van der Waals surface area contributed by atoms with Gasteiger partial charge in [-0.2, -0.15) is 0 Å². The molecule has 2 heterocycles. The van der Waals surface area contributed by atoms with Gasteiger partial charge in [-0.3, -0.25) is 9.52 Å². The number of benzene rings is 2. The van der Waals surface area contributed by atoms with E-state index in [2.05, 4.69) is 25.6 Å². The van der Waals surface area contributed by atoms with Crippen LogP contribution in [0.25, 0.3) is 21.8 Å². The zero-order valence-corrected chi connectivity index (χ0v) is 24.0. The van der Waals surface area contributed by atoms with Crippen molar-refractivity contribution in [2.45, 2.75) is 38.0 Å². The molecule has 9 nitrogen and oxygen atoms in total. The number of halogens is 3. The van der Waals surface area contributed by atoms with Gasteiger partial charge >= 0.3 is 0 Å². The minimum Gasteiger partial charge on any atom is -0.356 e. The Kier molecular flexibility index (Phi) is 9.23. The Balaban J connectivity index is 1.68. The predicted molar refractivity (Wildman–Crippen MR) is 152 cm³/mol. The number of hydrogen-bond donors (Lipinski definition) is 3. The highest BCUT2D eigenvalue weighted by Crippen LogP contribution is 2.40. The molecule has 14 heteroatoms. The fourth-order valence-corrected chi connectivity index (χ4v) is 5.94. The molecule has 1 amide bonds. The van der Waals surface area contributed by atoms with Gasteiger partial charge in [0.1, 0.15) is 16.5 Å². The monoisotopic (exact) mass is 604 g/mol. The van der Waals surface area contributed by atoms with Gasteiger partial charge in [-0.15, -0.1) is 11.3 Å². The van der Waals surface area contributed by atoms with Crippen molar-refractivity contribution in [2.75, 3.05) is 23.1 Å². The molecule has 0 saturated carbocycles. The zero-order chi connectivity index (χ0) is 29.7. The van der Waals surface area contributed by atoms with Crippen LogP contribution in [0.1, 0.15) is 38.1 Å². The van der Waals surface area contributed by atoms with Crippen molar-refractivity contribution in [3.63, 3.8) is 0 Å². The van der Waals surface area contributed by atoms with E-state index < -0.39 is 38.1 Å². The first kappa shape index (κ1) is 29.9. The maximum Gasteiger partial charge on any atom is 0.265 e. The molecule has 4 rings (SSSR count). The van der Waals surface area contributed by atoms with E-state index in [4.69, 9.17) is 0 Å². The molecule has 0 aliphatic rings. The molecule has 2 aromatic heterocycles. The van der Waals surface area contributed by atoms with Crippen LogP contribution in [0, 0.1) is 17.5 Å². The fraction of sp³-hybridized carbons (Fsp3) is 0.259. The van der Waals surface area contributed by atoms with Crippen LogP contribution in [-0.2, 0) is 14.8 Å². The number of aromatic nitrogens is 3. The van der Waals surface area contributed by atoms with Crippen LogP contribution in [0.4, 0.5) is 24.8 Å². The van der Waals surface area contributed by atoms with Crippen LogP contribution in [-0.4, -0.2) is 42.4 Å². The van der Waals surface area contributed by atoms with E-state index in [1.54, 1.807) is 12.3 Å². The summed E-state index contributed by atoms with van der Waals surface area (Å²) >= 11 is 1.31. The molecule has 0 aliphatic carbocycles. The van der Waals surface area contributed by atoms with Crippen molar-refractivity contribution in [1.82, 2.24) is 20.3 Å². The summed E-state index contributed by atoms with van der Waals surface area (Å²) in [4.78, 5) is 24.0. The van der Waals surface area contributed by atoms with Crippen molar-refractivity contribution in [3.05, 3.63) is 71.1 Å². The largest absolute Gasteiger partial charge is 0.356 e. The quantitative estimate of drug-likeness (QED) is 0.192. The van der Waals surface area contributed by atoms with Crippen molar-refractivity contribution < 1.29 is 26.4 Å². The van der Waals surface area contributed by atoms with Crippen LogP contribution in [0.15, 0.2) is 53.6 Å². The molecule has 0 atom stereocenters. The van der Waals surface area contributed by atoms with E-state index in [0.29, 0.717) is 53.2 Å². The van der Waals surface area contributed by atoms with Gasteiger partial charge in [-0.05, 0) is 42.8 Å². The van der Waals surface area contributed by atoms with E-state index in [1.807, 2.05) is 18.6 Å². The van der Waals surface area contributed by atoms with Crippen LogP contribution < -0.4 is 15.4 Å². The molecule has 0 aliphatic heterocycles. The third-order valence-corrected chi connectivity index (χ3v) is 8.48. The molecule has 41 heavy (non-hydrogen) atoms. The second-order valence-electron chi connectivity index (χ2n) is 9.26.